The normalized spacial score (nSPS) is 18.1. The van der Waals surface area contributed by atoms with Crippen molar-refractivity contribution in [2.24, 2.45) is 0 Å². The summed E-state index contributed by atoms with van der Waals surface area (Å²) >= 11 is 6.05. The highest BCUT2D eigenvalue weighted by atomic mass is 35.5. The zero-order valence-corrected chi connectivity index (χ0v) is 12.7. The van der Waals surface area contributed by atoms with Crippen molar-refractivity contribution in [2.75, 3.05) is 26.3 Å². The first-order valence-electron chi connectivity index (χ1n) is 6.98. The van der Waals surface area contributed by atoms with Gasteiger partial charge in [-0.1, -0.05) is 0 Å². The molecule has 1 saturated heterocycles. The second kappa shape index (κ2) is 6.84. The highest BCUT2D eigenvalue weighted by molar-refractivity contribution is 6.21. The molecule has 1 aromatic rings. The second-order valence-corrected chi connectivity index (χ2v) is 5.28. The Morgan fingerprint density at radius 1 is 1.30 bits per heavy atom. The topological polar surface area (TPSA) is 38.8 Å². The maximum atomic E-state index is 12.4. The Morgan fingerprint density at radius 2 is 2.00 bits per heavy atom. The summed E-state index contributed by atoms with van der Waals surface area (Å²) in [6, 6.07) is 5.31. The number of amides is 1. The third-order valence-corrected chi connectivity index (χ3v) is 3.56. The lowest BCUT2D eigenvalue weighted by Crippen LogP contribution is -2.28. The minimum Gasteiger partial charge on any atom is -0.490 e. The van der Waals surface area contributed by atoms with Crippen molar-refractivity contribution in [3.8, 4) is 11.5 Å². The van der Waals surface area contributed by atoms with E-state index < -0.39 is 0 Å². The summed E-state index contributed by atoms with van der Waals surface area (Å²) in [6.45, 7) is 6.24. The van der Waals surface area contributed by atoms with Crippen LogP contribution in [-0.4, -0.2) is 42.5 Å². The van der Waals surface area contributed by atoms with Gasteiger partial charge in [-0.25, -0.2) is 0 Å². The molecular formula is C15H20ClNO3. The van der Waals surface area contributed by atoms with Crippen LogP contribution in [0.3, 0.4) is 0 Å². The van der Waals surface area contributed by atoms with E-state index in [1.807, 2.05) is 13.8 Å². The number of hydrogen-bond acceptors (Lipinski definition) is 3. The summed E-state index contributed by atoms with van der Waals surface area (Å²) < 4.78 is 11.0. The van der Waals surface area contributed by atoms with Crippen molar-refractivity contribution in [3.63, 3.8) is 0 Å². The van der Waals surface area contributed by atoms with Crippen LogP contribution in [-0.2, 0) is 0 Å². The molecule has 1 heterocycles. The average Bonchev–Trinajstić information content (AvgIpc) is 2.87. The molecule has 1 fully saturated rings. The molecule has 1 aliphatic rings. The van der Waals surface area contributed by atoms with Crippen LogP contribution in [0.25, 0.3) is 0 Å². The largest absolute Gasteiger partial charge is 0.490 e. The zero-order valence-electron chi connectivity index (χ0n) is 11.9. The molecule has 20 heavy (non-hydrogen) atoms. The first-order chi connectivity index (χ1) is 9.65. The van der Waals surface area contributed by atoms with Crippen LogP contribution in [0.5, 0.6) is 11.5 Å². The molecular weight excluding hydrogens is 278 g/mol. The lowest BCUT2D eigenvalue weighted by Gasteiger charge is -2.17. The predicted molar refractivity (Wildman–Crippen MR) is 78.9 cm³/mol. The molecule has 0 spiro atoms. The Morgan fingerprint density at radius 3 is 2.60 bits per heavy atom. The van der Waals surface area contributed by atoms with Crippen LogP contribution < -0.4 is 9.47 Å². The minimum absolute atomic E-state index is 0.00264. The molecule has 2 rings (SSSR count). The van der Waals surface area contributed by atoms with E-state index in [-0.39, 0.29) is 11.3 Å². The quantitative estimate of drug-likeness (QED) is 0.784. The summed E-state index contributed by atoms with van der Waals surface area (Å²) in [5.74, 6) is 1.28. The lowest BCUT2D eigenvalue weighted by atomic mass is 10.1. The zero-order chi connectivity index (χ0) is 14.5. The van der Waals surface area contributed by atoms with E-state index in [4.69, 9.17) is 21.1 Å². The number of nitrogens with zero attached hydrogens (tertiary/aromatic N) is 1. The maximum absolute atomic E-state index is 12.4. The van der Waals surface area contributed by atoms with Gasteiger partial charge in [0.1, 0.15) is 0 Å². The van der Waals surface area contributed by atoms with E-state index in [1.165, 1.54) is 0 Å². The summed E-state index contributed by atoms with van der Waals surface area (Å²) in [4.78, 5) is 14.2. The maximum Gasteiger partial charge on any atom is 0.254 e. The van der Waals surface area contributed by atoms with E-state index in [0.717, 1.165) is 6.42 Å². The second-order valence-electron chi connectivity index (χ2n) is 4.66. The Balaban J connectivity index is 2.19. The summed E-state index contributed by atoms with van der Waals surface area (Å²) in [7, 11) is 0. The van der Waals surface area contributed by atoms with Gasteiger partial charge in [-0.3, -0.25) is 4.79 Å². The number of likely N-dealkylation sites (tertiary alicyclic amines) is 1. The van der Waals surface area contributed by atoms with Crippen molar-refractivity contribution in [2.45, 2.75) is 25.6 Å². The third-order valence-electron chi connectivity index (χ3n) is 3.21. The van der Waals surface area contributed by atoms with Crippen LogP contribution in [0.15, 0.2) is 18.2 Å². The Bertz CT molecular complexity index is 478. The summed E-state index contributed by atoms with van der Waals surface area (Å²) in [6.07, 6.45) is 0.850. The van der Waals surface area contributed by atoms with Crippen LogP contribution in [0.1, 0.15) is 30.6 Å². The van der Waals surface area contributed by atoms with Gasteiger partial charge >= 0.3 is 0 Å². The highest BCUT2D eigenvalue weighted by Crippen LogP contribution is 2.29. The molecule has 0 saturated carbocycles. The molecule has 1 aliphatic heterocycles. The van der Waals surface area contributed by atoms with Crippen molar-refractivity contribution < 1.29 is 14.3 Å². The first kappa shape index (κ1) is 15.0. The number of benzene rings is 1. The van der Waals surface area contributed by atoms with Gasteiger partial charge < -0.3 is 14.4 Å². The van der Waals surface area contributed by atoms with Crippen LogP contribution in [0.2, 0.25) is 0 Å². The molecule has 1 unspecified atom stereocenters. The van der Waals surface area contributed by atoms with Crippen molar-refractivity contribution in [1.29, 1.82) is 0 Å². The molecule has 1 aromatic carbocycles. The number of hydrogen-bond donors (Lipinski definition) is 0. The van der Waals surface area contributed by atoms with Gasteiger partial charge in [0.15, 0.2) is 11.5 Å². The van der Waals surface area contributed by atoms with E-state index in [0.29, 0.717) is 43.4 Å². The number of alkyl halides is 1. The van der Waals surface area contributed by atoms with Crippen LogP contribution in [0.4, 0.5) is 0 Å². The van der Waals surface area contributed by atoms with Crippen molar-refractivity contribution >= 4 is 17.5 Å². The molecule has 0 N–H and O–H groups in total. The molecule has 1 atom stereocenters. The molecule has 0 aliphatic carbocycles. The van der Waals surface area contributed by atoms with Gasteiger partial charge in [0.25, 0.3) is 5.91 Å². The van der Waals surface area contributed by atoms with Crippen LogP contribution >= 0.6 is 11.6 Å². The molecule has 0 radical (unpaired) electrons. The fraction of sp³-hybridized carbons (Fsp3) is 0.533. The number of carbonyl (C=O) groups excluding carboxylic acids is 1. The number of ether oxygens (including phenoxy) is 2. The number of rotatable bonds is 5. The third kappa shape index (κ3) is 3.37. The first-order valence-corrected chi connectivity index (χ1v) is 7.42. The van der Waals surface area contributed by atoms with E-state index in [2.05, 4.69) is 0 Å². The van der Waals surface area contributed by atoms with E-state index >= 15 is 0 Å². The highest BCUT2D eigenvalue weighted by Gasteiger charge is 2.26. The molecule has 0 bridgehead atoms. The predicted octanol–water partition coefficient (Wildman–Crippen LogP) is 2.94. The number of halogens is 1. The van der Waals surface area contributed by atoms with Gasteiger partial charge in [-0.2, -0.15) is 0 Å². The van der Waals surface area contributed by atoms with Gasteiger partial charge in [0, 0.05) is 18.7 Å². The summed E-state index contributed by atoms with van der Waals surface area (Å²) in [5, 5.41) is 0.0630. The van der Waals surface area contributed by atoms with Gasteiger partial charge in [0.05, 0.1) is 18.6 Å². The van der Waals surface area contributed by atoms with Gasteiger partial charge in [0.2, 0.25) is 0 Å². The Kier molecular flexibility index (Phi) is 5.12. The van der Waals surface area contributed by atoms with Gasteiger partial charge in [-0.05, 0) is 38.5 Å². The minimum atomic E-state index is -0.00264. The molecule has 0 aromatic heterocycles. The average molecular weight is 298 g/mol. The smallest absolute Gasteiger partial charge is 0.254 e. The standard InChI is InChI=1S/C15H20ClNO3/c1-3-19-13-6-5-11(9-14(13)20-4-2)15(18)17-8-7-12(16)10-17/h5-6,9,12H,3-4,7-8,10H2,1-2H3. The Hall–Kier alpha value is -1.42. The van der Waals surface area contributed by atoms with Crippen molar-refractivity contribution in [3.05, 3.63) is 23.8 Å². The number of carbonyl (C=O) groups is 1. The fourth-order valence-electron chi connectivity index (χ4n) is 2.27. The molecule has 110 valence electrons. The molecule has 4 nitrogen and oxygen atoms in total. The van der Waals surface area contributed by atoms with Crippen molar-refractivity contribution in [1.82, 2.24) is 4.90 Å². The van der Waals surface area contributed by atoms with Crippen LogP contribution in [0, 0.1) is 0 Å². The fourth-order valence-corrected chi connectivity index (χ4v) is 2.53. The Labute approximate surface area is 124 Å². The SMILES string of the molecule is CCOc1ccc(C(=O)N2CCC(Cl)C2)cc1OCC. The van der Waals surface area contributed by atoms with E-state index in [1.54, 1.807) is 23.1 Å². The lowest BCUT2D eigenvalue weighted by molar-refractivity contribution is 0.0792. The molecule has 5 heteroatoms. The van der Waals surface area contributed by atoms with Gasteiger partial charge in [-0.15, -0.1) is 11.6 Å². The summed E-state index contributed by atoms with van der Waals surface area (Å²) in [5.41, 5.74) is 0.614. The van der Waals surface area contributed by atoms with E-state index in [9.17, 15) is 4.79 Å². The monoisotopic (exact) mass is 297 g/mol. The molecule has 1 amide bonds.